The van der Waals surface area contributed by atoms with E-state index in [2.05, 4.69) is 23.6 Å². The number of thiophene rings is 1. The van der Waals surface area contributed by atoms with Gasteiger partial charge in [0, 0.05) is 16.9 Å². The minimum atomic E-state index is -0.243. The second kappa shape index (κ2) is 5.65. The Bertz CT molecular complexity index is 570. The molecule has 19 heavy (non-hydrogen) atoms. The standard InChI is InChI=1S/C15H14O3S/c16-5-4-14-9-13(10-19-14)11-2-1-3-12(8-11)15-17-6-7-18-15/h1-3,5,8-10,15H,4,6-7H2. The summed E-state index contributed by atoms with van der Waals surface area (Å²) < 4.78 is 11.0. The molecule has 1 saturated heterocycles. The zero-order chi connectivity index (χ0) is 13.1. The van der Waals surface area contributed by atoms with Gasteiger partial charge in [-0.25, -0.2) is 0 Å². The molecule has 0 N–H and O–H groups in total. The van der Waals surface area contributed by atoms with Crippen molar-refractivity contribution >= 4 is 17.6 Å². The second-order valence-electron chi connectivity index (χ2n) is 4.37. The summed E-state index contributed by atoms with van der Waals surface area (Å²) in [4.78, 5) is 11.6. The van der Waals surface area contributed by atoms with Crippen LogP contribution in [0, 0.1) is 0 Å². The molecule has 1 fully saturated rings. The third kappa shape index (κ3) is 2.76. The molecule has 1 aliphatic heterocycles. The first-order chi connectivity index (χ1) is 9.36. The van der Waals surface area contributed by atoms with E-state index in [-0.39, 0.29) is 6.29 Å². The van der Waals surface area contributed by atoms with Gasteiger partial charge in [-0.15, -0.1) is 11.3 Å². The van der Waals surface area contributed by atoms with Gasteiger partial charge < -0.3 is 14.3 Å². The Balaban J connectivity index is 1.86. The fraction of sp³-hybridized carbons (Fsp3) is 0.267. The lowest BCUT2D eigenvalue weighted by molar-refractivity contribution is -0.107. The summed E-state index contributed by atoms with van der Waals surface area (Å²) in [6, 6.07) is 10.2. The predicted octanol–water partition coefficient (Wildman–Crippen LogP) is 3.20. The summed E-state index contributed by atoms with van der Waals surface area (Å²) in [6.07, 6.45) is 1.18. The summed E-state index contributed by atoms with van der Waals surface area (Å²) in [5, 5.41) is 2.08. The Morgan fingerprint density at radius 3 is 2.84 bits per heavy atom. The van der Waals surface area contributed by atoms with Gasteiger partial charge in [0.15, 0.2) is 6.29 Å². The van der Waals surface area contributed by atoms with Crippen molar-refractivity contribution in [1.82, 2.24) is 0 Å². The van der Waals surface area contributed by atoms with Gasteiger partial charge in [-0.2, -0.15) is 0 Å². The average molecular weight is 274 g/mol. The molecule has 2 heterocycles. The number of ether oxygens (including phenoxy) is 2. The molecule has 0 atom stereocenters. The smallest absolute Gasteiger partial charge is 0.184 e. The predicted molar refractivity (Wildman–Crippen MR) is 74.2 cm³/mol. The van der Waals surface area contributed by atoms with Crippen LogP contribution in [0.3, 0.4) is 0 Å². The van der Waals surface area contributed by atoms with Crippen LogP contribution in [0.15, 0.2) is 35.7 Å². The molecule has 0 amide bonds. The molecule has 2 aromatic rings. The van der Waals surface area contributed by atoms with Crippen LogP contribution < -0.4 is 0 Å². The number of carbonyl (C=O) groups is 1. The summed E-state index contributed by atoms with van der Waals surface area (Å²) in [5.74, 6) is 0. The quantitative estimate of drug-likeness (QED) is 0.803. The van der Waals surface area contributed by atoms with Crippen LogP contribution in [0.5, 0.6) is 0 Å². The van der Waals surface area contributed by atoms with E-state index in [0.29, 0.717) is 19.6 Å². The minimum Gasteiger partial charge on any atom is -0.346 e. The lowest BCUT2D eigenvalue weighted by Crippen LogP contribution is -1.97. The summed E-state index contributed by atoms with van der Waals surface area (Å²) in [5.41, 5.74) is 3.31. The molecule has 0 bridgehead atoms. The van der Waals surface area contributed by atoms with Crippen molar-refractivity contribution in [2.45, 2.75) is 12.7 Å². The van der Waals surface area contributed by atoms with Crippen molar-refractivity contribution in [2.75, 3.05) is 13.2 Å². The molecule has 4 heteroatoms. The second-order valence-corrected chi connectivity index (χ2v) is 5.37. The number of hydrogen-bond acceptors (Lipinski definition) is 4. The zero-order valence-electron chi connectivity index (χ0n) is 10.4. The van der Waals surface area contributed by atoms with E-state index in [0.717, 1.165) is 27.9 Å². The monoisotopic (exact) mass is 274 g/mol. The summed E-state index contributed by atoms with van der Waals surface area (Å²) in [7, 11) is 0. The molecule has 1 aromatic carbocycles. The van der Waals surface area contributed by atoms with Gasteiger partial charge in [-0.3, -0.25) is 0 Å². The molecular weight excluding hydrogens is 260 g/mol. The Morgan fingerprint density at radius 1 is 1.21 bits per heavy atom. The van der Waals surface area contributed by atoms with Crippen LogP contribution in [0.1, 0.15) is 16.7 Å². The van der Waals surface area contributed by atoms with Crippen LogP contribution in [0.4, 0.5) is 0 Å². The zero-order valence-corrected chi connectivity index (χ0v) is 11.2. The highest BCUT2D eigenvalue weighted by Gasteiger charge is 2.18. The molecule has 0 aliphatic carbocycles. The van der Waals surface area contributed by atoms with Gasteiger partial charge in [0.25, 0.3) is 0 Å². The van der Waals surface area contributed by atoms with E-state index in [1.54, 1.807) is 11.3 Å². The SMILES string of the molecule is O=CCc1cc(-c2cccc(C3OCCO3)c2)cs1. The third-order valence-corrected chi connectivity index (χ3v) is 4.01. The molecule has 0 radical (unpaired) electrons. The van der Waals surface area contributed by atoms with E-state index in [1.165, 1.54) is 0 Å². The number of aldehydes is 1. The topological polar surface area (TPSA) is 35.5 Å². The van der Waals surface area contributed by atoms with E-state index in [1.807, 2.05) is 12.1 Å². The number of hydrogen-bond donors (Lipinski definition) is 0. The van der Waals surface area contributed by atoms with Gasteiger partial charge >= 0.3 is 0 Å². The normalized spacial score (nSPS) is 15.8. The van der Waals surface area contributed by atoms with Gasteiger partial charge in [0.1, 0.15) is 6.29 Å². The van der Waals surface area contributed by atoms with Crippen molar-refractivity contribution in [3.63, 3.8) is 0 Å². The first-order valence-corrected chi connectivity index (χ1v) is 7.09. The van der Waals surface area contributed by atoms with Gasteiger partial charge in [-0.05, 0) is 28.6 Å². The molecule has 0 unspecified atom stereocenters. The molecule has 0 spiro atoms. The lowest BCUT2D eigenvalue weighted by Gasteiger charge is -2.10. The third-order valence-electron chi connectivity index (χ3n) is 3.05. The van der Waals surface area contributed by atoms with Crippen LogP contribution >= 0.6 is 11.3 Å². The van der Waals surface area contributed by atoms with Gasteiger partial charge in [-0.1, -0.05) is 18.2 Å². The Kier molecular flexibility index (Phi) is 3.73. The largest absolute Gasteiger partial charge is 0.346 e. The van der Waals surface area contributed by atoms with Crippen molar-refractivity contribution in [1.29, 1.82) is 0 Å². The Hall–Kier alpha value is -1.49. The molecule has 1 aromatic heterocycles. The van der Waals surface area contributed by atoms with E-state index >= 15 is 0 Å². The van der Waals surface area contributed by atoms with Crippen LogP contribution in [0.2, 0.25) is 0 Å². The molecule has 98 valence electrons. The molecule has 3 rings (SSSR count). The van der Waals surface area contributed by atoms with E-state index in [9.17, 15) is 4.79 Å². The Morgan fingerprint density at radius 2 is 2.05 bits per heavy atom. The average Bonchev–Trinajstić information content (AvgIpc) is 3.11. The van der Waals surface area contributed by atoms with E-state index < -0.39 is 0 Å². The fourth-order valence-corrected chi connectivity index (χ4v) is 2.98. The minimum absolute atomic E-state index is 0.243. The van der Waals surface area contributed by atoms with Crippen molar-refractivity contribution in [2.24, 2.45) is 0 Å². The van der Waals surface area contributed by atoms with Crippen LogP contribution in [-0.2, 0) is 20.7 Å². The molecule has 0 saturated carbocycles. The highest BCUT2D eigenvalue weighted by Crippen LogP contribution is 2.30. The first kappa shape index (κ1) is 12.5. The van der Waals surface area contributed by atoms with Crippen LogP contribution in [0.25, 0.3) is 11.1 Å². The molecule has 3 nitrogen and oxygen atoms in total. The lowest BCUT2D eigenvalue weighted by atomic mass is 10.1. The molecule has 1 aliphatic rings. The molecular formula is C15H14O3S. The number of benzene rings is 1. The van der Waals surface area contributed by atoms with Crippen molar-refractivity contribution in [3.8, 4) is 11.1 Å². The summed E-state index contributed by atoms with van der Waals surface area (Å²) >= 11 is 1.61. The highest BCUT2D eigenvalue weighted by atomic mass is 32.1. The first-order valence-electron chi connectivity index (χ1n) is 6.21. The maximum Gasteiger partial charge on any atom is 0.184 e. The van der Waals surface area contributed by atoms with Crippen molar-refractivity contribution in [3.05, 3.63) is 46.2 Å². The highest BCUT2D eigenvalue weighted by molar-refractivity contribution is 7.10. The summed E-state index contributed by atoms with van der Waals surface area (Å²) in [6.45, 7) is 1.30. The van der Waals surface area contributed by atoms with Gasteiger partial charge in [0.2, 0.25) is 0 Å². The number of rotatable bonds is 4. The van der Waals surface area contributed by atoms with Crippen LogP contribution in [-0.4, -0.2) is 19.5 Å². The van der Waals surface area contributed by atoms with E-state index in [4.69, 9.17) is 9.47 Å². The maximum atomic E-state index is 10.5. The maximum absolute atomic E-state index is 10.5. The number of carbonyl (C=O) groups excluding carboxylic acids is 1. The van der Waals surface area contributed by atoms with Gasteiger partial charge in [0.05, 0.1) is 13.2 Å². The Labute approximate surface area is 115 Å². The fourth-order valence-electron chi connectivity index (χ4n) is 2.14. The van der Waals surface area contributed by atoms with Crippen molar-refractivity contribution < 1.29 is 14.3 Å².